The summed E-state index contributed by atoms with van der Waals surface area (Å²) in [5.74, 6) is 0.241. The van der Waals surface area contributed by atoms with Crippen LogP contribution in [0.2, 0.25) is 0 Å². The number of fused-ring (bicyclic) bond motifs is 7. The highest BCUT2D eigenvalue weighted by Gasteiger charge is 2.69. The molecule has 5 aliphatic rings. The summed E-state index contributed by atoms with van der Waals surface area (Å²) in [6.07, 6.45) is 8.89. The molecular weight excluding hydrogens is 412 g/mol. The lowest BCUT2D eigenvalue weighted by Gasteiger charge is -2.71. The van der Waals surface area contributed by atoms with Gasteiger partial charge in [-0.05, 0) is 91.3 Å². The van der Waals surface area contributed by atoms with Crippen LogP contribution in [0.15, 0.2) is 23.8 Å². The van der Waals surface area contributed by atoms with Crippen molar-refractivity contribution in [2.45, 2.75) is 105 Å². The molecule has 9 atom stereocenters. The van der Waals surface area contributed by atoms with E-state index in [1.807, 2.05) is 0 Å². The number of hydrogen-bond donors (Lipinski definition) is 3. The van der Waals surface area contributed by atoms with Crippen molar-refractivity contribution in [3.63, 3.8) is 0 Å². The van der Waals surface area contributed by atoms with E-state index in [0.29, 0.717) is 18.3 Å². The van der Waals surface area contributed by atoms with Crippen LogP contribution in [-0.4, -0.2) is 33.5 Å². The molecule has 184 valence electrons. The van der Waals surface area contributed by atoms with E-state index >= 15 is 0 Å². The van der Waals surface area contributed by atoms with Crippen molar-refractivity contribution < 1.29 is 20.1 Å². The molecule has 0 saturated heterocycles. The van der Waals surface area contributed by atoms with Crippen LogP contribution in [0, 0.1) is 44.8 Å². The van der Waals surface area contributed by atoms with E-state index in [1.54, 1.807) is 0 Å². The van der Waals surface area contributed by atoms with Gasteiger partial charge >= 0.3 is 5.97 Å². The molecule has 0 spiro atoms. The first-order valence-corrected chi connectivity index (χ1v) is 13.2. The van der Waals surface area contributed by atoms with Crippen LogP contribution >= 0.6 is 0 Å². The first kappa shape index (κ1) is 23.6. The third kappa shape index (κ3) is 2.74. The number of carboxylic acid groups (broad SMARTS) is 1. The smallest absolute Gasteiger partial charge is 0.310 e. The Morgan fingerprint density at radius 1 is 1.03 bits per heavy atom. The van der Waals surface area contributed by atoms with Crippen molar-refractivity contribution in [1.82, 2.24) is 0 Å². The Bertz CT molecular complexity index is 919. The average Bonchev–Trinajstić information content (AvgIpc) is 2.72. The highest BCUT2D eigenvalue weighted by Crippen LogP contribution is 2.75. The average molecular weight is 457 g/mol. The molecule has 5 rings (SSSR count). The second kappa shape index (κ2) is 6.97. The van der Waals surface area contributed by atoms with Gasteiger partial charge in [-0.15, -0.1) is 0 Å². The Kier molecular flexibility index (Phi) is 4.98. The molecule has 4 fully saturated rings. The topological polar surface area (TPSA) is 77.8 Å². The Labute approximate surface area is 199 Å². The molecule has 0 aromatic heterocycles. The predicted molar refractivity (Wildman–Crippen MR) is 129 cm³/mol. The molecule has 5 aliphatic carbocycles. The summed E-state index contributed by atoms with van der Waals surface area (Å²) in [6, 6.07) is 0. The molecule has 4 saturated carbocycles. The van der Waals surface area contributed by atoms with Crippen molar-refractivity contribution in [2.75, 3.05) is 0 Å². The minimum atomic E-state index is -0.686. The third-order valence-corrected chi connectivity index (χ3v) is 12.4. The largest absolute Gasteiger partial charge is 0.481 e. The first-order valence-electron chi connectivity index (χ1n) is 13.2. The summed E-state index contributed by atoms with van der Waals surface area (Å²) in [4.78, 5) is 12.6. The van der Waals surface area contributed by atoms with E-state index in [-0.39, 0.29) is 27.6 Å². The van der Waals surface area contributed by atoms with Crippen LogP contribution in [0.5, 0.6) is 0 Å². The summed E-state index contributed by atoms with van der Waals surface area (Å²) < 4.78 is 0. The fourth-order valence-electron chi connectivity index (χ4n) is 10.3. The second-order valence-corrected chi connectivity index (χ2v) is 13.8. The van der Waals surface area contributed by atoms with Gasteiger partial charge in [0.05, 0.1) is 17.6 Å². The highest BCUT2D eigenvalue weighted by molar-refractivity contribution is 5.77. The Morgan fingerprint density at radius 3 is 2.39 bits per heavy atom. The number of carboxylic acids is 1. The zero-order valence-corrected chi connectivity index (χ0v) is 21.3. The van der Waals surface area contributed by atoms with Gasteiger partial charge in [0.2, 0.25) is 0 Å². The first-order chi connectivity index (χ1) is 15.2. The van der Waals surface area contributed by atoms with Crippen molar-refractivity contribution in [2.24, 2.45) is 44.8 Å². The standard InChI is InChI=1S/C29H44O4/c1-17-9-12-29(24(32)33)14-13-27(5)18(19(29)15-17)7-8-22-26(4)16-20(30)23(31)25(2,3)21(26)10-11-28(22,27)6/h7,19-23,30-31H,1,8-16H2,2-6H3,(H,32,33)/t19-,20+,21-,22+,23-,26-,27+,28+,29-/m0/s1. The number of aliphatic hydroxyl groups excluding tert-OH is 2. The maximum Gasteiger partial charge on any atom is 0.310 e. The van der Waals surface area contributed by atoms with Gasteiger partial charge in [0, 0.05) is 5.92 Å². The van der Waals surface area contributed by atoms with E-state index in [2.05, 4.69) is 47.3 Å². The van der Waals surface area contributed by atoms with Crippen LogP contribution < -0.4 is 0 Å². The number of aliphatic hydroxyl groups is 2. The van der Waals surface area contributed by atoms with E-state index in [4.69, 9.17) is 0 Å². The van der Waals surface area contributed by atoms with Crippen molar-refractivity contribution in [1.29, 1.82) is 0 Å². The summed E-state index contributed by atoms with van der Waals surface area (Å²) >= 11 is 0. The Balaban J connectivity index is 1.61. The molecule has 0 bridgehead atoms. The summed E-state index contributed by atoms with van der Waals surface area (Å²) in [7, 11) is 0. The van der Waals surface area contributed by atoms with Crippen molar-refractivity contribution in [3.05, 3.63) is 23.8 Å². The minimum absolute atomic E-state index is 0.0315. The molecule has 33 heavy (non-hydrogen) atoms. The highest BCUT2D eigenvalue weighted by atomic mass is 16.4. The van der Waals surface area contributed by atoms with Gasteiger partial charge < -0.3 is 15.3 Å². The van der Waals surface area contributed by atoms with Crippen molar-refractivity contribution in [3.8, 4) is 0 Å². The van der Waals surface area contributed by atoms with E-state index in [1.165, 1.54) is 11.1 Å². The van der Waals surface area contributed by atoms with Crippen molar-refractivity contribution >= 4 is 5.97 Å². The zero-order valence-electron chi connectivity index (χ0n) is 21.3. The zero-order chi connectivity index (χ0) is 24.2. The van der Waals surface area contributed by atoms with Gasteiger partial charge in [-0.1, -0.05) is 58.4 Å². The number of rotatable bonds is 1. The van der Waals surface area contributed by atoms with Crippen LogP contribution in [0.1, 0.15) is 92.4 Å². The van der Waals surface area contributed by atoms with E-state index in [0.717, 1.165) is 51.4 Å². The fraction of sp³-hybridized carbons (Fsp3) is 0.828. The maximum absolute atomic E-state index is 12.6. The molecule has 0 unspecified atom stereocenters. The molecule has 0 aromatic carbocycles. The fourth-order valence-corrected chi connectivity index (χ4v) is 10.3. The lowest BCUT2D eigenvalue weighted by Crippen LogP contribution is -2.66. The molecule has 0 radical (unpaired) electrons. The van der Waals surface area contributed by atoms with Crippen LogP contribution in [0.4, 0.5) is 0 Å². The van der Waals surface area contributed by atoms with E-state index < -0.39 is 23.6 Å². The van der Waals surface area contributed by atoms with Gasteiger partial charge in [0.25, 0.3) is 0 Å². The summed E-state index contributed by atoms with van der Waals surface area (Å²) in [6.45, 7) is 15.9. The molecular formula is C29H44O4. The van der Waals surface area contributed by atoms with Gasteiger partial charge in [-0.2, -0.15) is 0 Å². The Hall–Kier alpha value is -1.13. The molecule has 3 N–H and O–H groups in total. The molecule has 0 aromatic rings. The third-order valence-electron chi connectivity index (χ3n) is 12.4. The molecule has 0 aliphatic heterocycles. The number of hydrogen-bond acceptors (Lipinski definition) is 3. The van der Waals surface area contributed by atoms with E-state index in [9.17, 15) is 20.1 Å². The molecule has 4 heteroatoms. The molecule has 4 nitrogen and oxygen atoms in total. The quantitative estimate of drug-likeness (QED) is 0.440. The van der Waals surface area contributed by atoms with Crippen LogP contribution in [0.3, 0.4) is 0 Å². The van der Waals surface area contributed by atoms with Crippen LogP contribution in [0.25, 0.3) is 0 Å². The minimum Gasteiger partial charge on any atom is -0.481 e. The predicted octanol–water partition coefficient (Wildman–Crippen LogP) is 5.73. The number of aliphatic carboxylic acids is 1. The Morgan fingerprint density at radius 2 is 1.73 bits per heavy atom. The molecule has 0 amide bonds. The van der Waals surface area contributed by atoms with Gasteiger partial charge in [-0.3, -0.25) is 4.79 Å². The SMILES string of the molecule is C=C1CC[C@]2(C(=O)O)CC[C@]3(C)C(=CC[C@@H]4[C@@]5(C)C[C@@H](O)[C@H](O)C(C)(C)[C@@H]5CC[C@]43C)[C@@H]2C1. The lowest BCUT2D eigenvalue weighted by atomic mass is 9.33. The second-order valence-electron chi connectivity index (χ2n) is 13.8. The monoisotopic (exact) mass is 456 g/mol. The van der Waals surface area contributed by atoms with Gasteiger partial charge in [0.15, 0.2) is 0 Å². The lowest BCUT2D eigenvalue weighted by molar-refractivity contribution is -0.231. The van der Waals surface area contributed by atoms with Gasteiger partial charge in [0.1, 0.15) is 0 Å². The normalized spacial score (nSPS) is 53.1. The molecule has 0 heterocycles. The summed E-state index contributed by atoms with van der Waals surface area (Å²) in [5, 5.41) is 32.2. The summed E-state index contributed by atoms with van der Waals surface area (Å²) in [5.41, 5.74) is 1.64. The maximum atomic E-state index is 12.6. The van der Waals surface area contributed by atoms with Crippen LogP contribution in [-0.2, 0) is 4.79 Å². The van der Waals surface area contributed by atoms with Gasteiger partial charge in [-0.25, -0.2) is 0 Å². The number of carbonyl (C=O) groups is 1. The number of allylic oxidation sites excluding steroid dienone is 3.